The molecule has 0 N–H and O–H groups in total. The van der Waals surface area contributed by atoms with Gasteiger partial charge < -0.3 is 0 Å². The number of hydrogen-bond acceptors (Lipinski definition) is 1. The van der Waals surface area contributed by atoms with E-state index in [0.29, 0.717) is 0 Å². The van der Waals surface area contributed by atoms with Crippen molar-refractivity contribution in [2.24, 2.45) is 0 Å². The van der Waals surface area contributed by atoms with Crippen molar-refractivity contribution in [3.05, 3.63) is 181 Å². The first kappa shape index (κ1) is 28.7. The molecule has 1 heteroatoms. The lowest BCUT2D eigenvalue weighted by Crippen LogP contribution is -1.93. The molecule has 0 spiro atoms. The maximum atomic E-state index is 4.25. The van der Waals surface area contributed by atoms with Gasteiger partial charge in [-0.05, 0) is 127 Å². The average Bonchev–Trinajstić information content (AvgIpc) is 3.13. The van der Waals surface area contributed by atoms with Gasteiger partial charge in [-0.15, -0.1) is 0 Å². The summed E-state index contributed by atoms with van der Waals surface area (Å²) in [6.07, 6.45) is 15.0. The number of rotatable bonds is 5. The third-order valence-electron chi connectivity index (χ3n) is 9.33. The number of aromatic nitrogens is 1. The Morgan fingerprint density at radius 2 is 1.02 bits per heavy atom. The molecule has 7 aromatic rings. The Hall–Kier alpha value is -5.79. The van der Waals surface area contributed by atoms with Gasteiger partial charge >= 0.3 is 0 Å². The molecule has 1 nitrogen and oxygen atoms in total. The number of allylic oxidation sites excluding steroid dienone is 6. The van der Waals surface area contributed by atoms with Crippen molar-refractivity contribution in [3.63, 3.8) is 0 Å². The van der Waals surface area contributed by atoms with Crippen LogP contribution in [0.5, 0.6) is 0 Å². The zero-order chi connectivity index (χ0) is 31.6. The molecule has 0 saturated heterocycles. The molecule has 6 aromatic carbocycles. The molecule has 224 valence electrons. The lowest BCUT2D eigenvalue weighted by atomic mass is 9.84. The second-order valence-corrected chi connectivity index (χ2v) is 12.4. The van der Waals surface area contributed by atoms with E-state index in [1.807, 2.05) is 12.4 Å². The van der Waals surface area contributed by atoms with E-state index in [9.17, 15) is 0 Å². The van der Waals surface area contributed by atoms with Crippen LogP contribution in [-0.4, -0.2) is 4.98 Å². The number of hydrogen-bond donors (Lipinski definition) is 0. The van der Waals surface area contributed by atoms with E-state index in [-0.39, 0.29) is 0 Å². The van der Waals surface area contributed by atoms with Crippen LogP contribution in [-0.2, 0) is 0 Å². The third-order valence-corrected chi connectivity index (χ3v) is 9.33. The second kappa shape index (κ2) is 12.5. The van der Waals surface area contributed by atoms with Crippen LogP contribution in [0.1, 0.15) is 25.3 Å². The number of benzene rings is 6. The van der Waals surface area contributed by atoms with E-state index in [0.717, 1.165) is 18.4 Å². The molecule has 0 fully saturated rings. The number of pyridine rings is 1. The van der Waals surface area contributed by atoms with Gasteiger partial charge in [0.25, 0.3) is 0 Å². The van der Waals surface area contributed by atoms with Crippen LogP contribution in [0.25, 0.3) is 71.6 Å². The molecule has 8 rings (SSSR count). The molecule has 47 heavy (non-hydrogen) atoms. The van der Waals surface area contributed by atoms with Crippen molar-refractivity contribution in [3.8, 4) is 44.5 Å². The molecular formula is C46H35N. The topological polar surface area (TPSA) is 12.9 Å². The molecule has 0 aliphatic heterocycles. The minimum atomic E-state index is 1.07. The molecule has 0 radical (unpaired) electrons. The standard InChI is InChI=1S/C46H35N/c1-32-11-5-6-14-34(22-21-32)36-15-9-17-39(29-36)45-41-19-7-8-20-42(41)46(40-18-10-16-37(30-40)35-25-27-47-28-26-35)44-31-38(23-24-43(44)45)33-12-3-2-4-13-33/h2-4,6-10,12-31H,5,11H2,1H3/b14-6-,32-21+,34-22+. The first-order valence-electron chi connectivity index (χ1n) is 16.4. The van der Waals surface area contributed by atoms with Crippen LogP contribution in [0.2, 0.25) is 0 Å². The fourth-order valence-corrected chi connectivity index (χ4v) is 6.95. The van der Waals surface area contributed by atoms with Crippen LogP contribution < -0.4 is 0 Å². The zero-order valence-corrected chi connectivity index (χ0v) is 26.5. The molecule has 0 atom stereocenters. The number of nitrogens with zero attached hydrogens (tertiary/aromatic N) is 1. The molecule has 0 saturated carbocycles. The maximum Gasteiger partial charge on any atom is 0.0273 e. The van der Waals surface area contributed by atoms with Gasteiger partial charge in [0.05, 0.1) is 0 Å². The Balaban J connectivity index is 1.41. The van der Waals surface area contributed by atoms with Gasteiger partial charge in [-0.25, -0.2) is 0 Å². The molecule has 1 aliphatic carbocycles. The quantitative estimate of drug-likeness (QED) is 0.179. The SMILES string of the molecule is C\C1=C/C=C(c2cccc(-c3c4ccccc4c(-c4cccc(-c5ccncc5)c4)c4cc(-c5ccccc5)ccc34)c2)\C=C/CC1. The second-order valence-electron chi connectivity index (χ2n) is 12.4. The van der Waals surface area contributed by atoms with Crippen molar-refractivity contribution in [1.82, 2.24) is 4.98 Å². The summed E-state index contributed by atoms with van der Waals surface area (Å²) in [5.74, 6) is 0. The highest BCUT2D eigenvalue weighted by atomic mass is 14.6. The summed E-state index contributed by atoms with van der Waals surface area (Å²) < 4.78 is 0. The van der Waals surface area contributed by atoms with Crippen molar-refractivity contribution in [2.45, 2.75) is 19.8 Å². The van der Waals surface area contributed by atoms with Crippen LogP contribution in [0.4, 0.5) is 0 Å². The summed E-state index contributed by atoms with van der Waals surface area (Å²) in [7, 11) is 0. The Morgan fingerprint density at radius 1 is 0.447 bits per heavy atom. The van der Waals surface area contributed by atoms with E-state index in [1.165, 1.54) is 77.2 Å². The lowest BCUT2D eigenvalue weighted by molar-refractivity contribution is 0.976. The maximum absolute atomic E-state index is 4.25. The molecule has 1 aromatic heterocycles. The van der Waals surface area contributed by atoms with Gasteiger partial charge in [0.2, 0.25) is 0 Å². The fourth-order valence-electron chi connectivity index (χ4n) is 6.95. The average molecular weight is 602 g/mol. The molecule has 0 amide bonds. The van der Waals surface area contributed by atoms with Crippen molar-refractivity contribution in [2.75, 3.05) is 0 Å². The molecule has 0 unspecified atom stereocenters. The largest absolute Gasteiger partial charge is 0.265 e. The van der Waals surface area contributed by atoms with Crippen molar-refractivity contribution in [1.29, 1.82) is 0 Å². The Bertz CT molecular complexity index is 2340. The lowest BCUT2D eigenvalue weighted by Gasteiger charge is -2.19. The summed E-state index contributed by atoms with van der Waals surface area (Å²) >= 11 is 0. The van der Waals surface area contributed by atoms with Gasteiger partial charge in [0, 0.05) is 12.4 Å². The molecular weight excluding hydrogens is 567 g/mol. The van der Waals surface area contributed by atoms with E-state index < -0.39 is 0 Å². The molecule has 1 aliphatic rings. The monoisotopic (exact) mass is 601 g/mol. The highest BCUT2D eigenvalue weighted by Gasteiger charge is 2.18. The summed E-state index contributed by atoms with van der Waals surface area (Å²) in [5.41, 5.74) is 13.6. The smallest absolute Gasteiger partial charge is 0.0273 e. The minimum absolute atomic E-state index is 1.07. The minimum Gasteiger partial charge on any atom is -0.265 e. The van der Waals surface area contributed by atoms with Crippen LogP contribution >= 0.6 is 0 Å². The van der Waals surface area contributed by atoms with Gasteiger partial charge in [0.1, 0.15) is 0 Å². The van der Waals surface area contributed by atoms with Crippen LogP contribution in [0.3, 0.4) is 0 Å². The summed E-state index contributed by atoms with van der Waals surface area (Å²) in [6, 6.07) is 48.8. The zero-order valence-electron chi connectivity index (χ0n) is 26.5. The van der Waals surface area contributed by atoms with Crippen LogP contribution in [0, 0.1) is 0 Å². The Labute approximate surface area is 276 Å². The van der Waals surface area contributed by atoms with Gasteiger partial charge in [0.15, 0.2) is 0 Å². The molecule has 0 bridgehead atoms. The predicted octanol–water partition coefficient (Wildman–Crippen LogP) is 12.7. The van der Waals surface area contributed by atoms with E-state index >= 15 is 0 Å². The highest BCUT2D eigenvalue weighted by molar-refractivity contribution is 6.22. The molecule has 1 heterocycles. The van der Waals surface area contributed by atoms with Gasteiger partial charge in [-0.1, -0.05) is 133 Å². The third kappa shape index (κ3) is 5.62. The predicted molar refractivity (Wildman–Crippen MR) is 201 cm³/mol. The van der Waals surface area contributed by atoms with E-state index in [4.69, 9.17) is 0 Å². The Morgan fingerprint density at radius 3 is 1.79 bits per heavy atom. The normalized spacial score (nSPS) is 16.1. The first-order chi connectivity index (χ1) is 23.2. The summed E-state index contributed by atoms with van der Waals surface area (Å²) in [6.45, 7) is 2.22. The first-order valence-corrected chi connectivity index (χ1v) is 16.4. The van der Waals surface area contributed by atoms with Gasteiger partial charge in [-0.2, -0.15) is 0 Å². The summed E-state index contributed by atoms with van der Waals surface area (Å²) in [4.78, 5) is 4.25. The van der Waals surface area contributed by atoms with Crippen molar-refractivity contribution >= 4 is 27.1 Å². The fraction of sp³-hybridized carbons (Fsp3) is 0.0652. The van der Waals surface area contributed by atoms with E-state index in [1.54, 1.807) is 0 Å². The van der Waals surface area contributed by atoms with Crippen LogP contribution in [0.15, 0.2) is 176 Å². The van der Waals surface area contributed by atoms with E-state index in [2.05, 4.69) is 170 Å². The van der Waals surface area contributed by atoms with Gasteiger partial charge in [-0.3, -0.25) is 4.98 Å². The van der Waals surface area contributed by atoms with Crippen molar-refractivity contribution < 1.29 is 0 Å². The Kier molecular flexibility index (Phi) is 7.65. The number of fused-ring (bicyclic) bond motifs is 2. The highest BCUT2D eigenvalue weighted by Crippen LogP contribution is 2.45. The summed E-state index contributed by atoms with van der Waals surface area (Å²) in [5, 5.41) is 5.01.